The van der Waals surface area contributed by atoms with Crippen molar-refractivity contribution in [3.8, 4) is 0 Å². The van der Waals surface area contributed by atoms with E-state index >= 15 is 0 Å². The van der Waals surface area contributed by atoms with Gasteiger partial charge in [-0.1, -0.05) is 25.5 Å². The molecule has 58 valence electrons. The highest BCUT2D eigenvalue weighted by Gasteiger charge is 2.15. The van der Waals surface area contributed by atoms with E-state index in [2.05, 4.69) is 26.8 Å². The third-order valence-corrected chi connectivity index (χ3v) is 2.56. The predicted octanol–water partition coefficient (Wildman–Crippen LogP) is 3.39. The predicted molar refractivity (Wildman–Crippen MR) is 45.9 cm³/mol. The zero-order valence-electron chi connectivity index (χ0n) is 7.35. The summed E-state index contributed by atoms with van der Waals surface area (Å²) in [6.07, 6.45) is 6.46. The SMILES string of the molecule is CC1=CCC[C@@H](C(C)C)C1. The molecule has 0 N–H and O–H groups in total. The highest BCUT2D eigenvalue weighted by Crippen LogP contribution is 2.29. The van der Waals surface area contributed by atoms with Gasteiger partial charge in [0.1, 0.15) is 0 Å². The van der Waals surface area contributed by atoms with Crippen LogP contribution in [0.4, 0.5) is 0 Å². The zero-order valence-corrected chi connectivity index (χ0v) is 7.35. The summed E-state index contributed by atoms with van der Waals surface area (Å²) in [5.74, 6) is 1.84. The van der Waals surface area contributed by atoms with Crippen LogP contribution in [0.5, 0.6) is 0 Å². The highest BCUT2D eigenvalue weighted by atomic mass is 14.2. The van der Waals surface area contributed by atoms with Gasteiger partial charge in [-0.2, -0.15) is 0 Å². The summed E-state index contributed by atoms with van der Waals surface area (Å²) in [5, 5.41) is 0. The van der Waals surface area contributed by atoms with E-state index in [0.29, 0.717) is 0 Å². The van der Waals surface area contributed by atoms with E-state index in [-0.39, 0.29) is 0 Å². The Kier molecular flexibility index (Phi) is 2.53. The van der Waals surface area contributed by atoms with Gasteiger partial charge in [-0.15, -0.1) is 0 Å². The van der Waals surface area contributed by atoms with Crippen molar-refractivity contribution in [2.75, 3.05) is 0 Å². The average molecular weight is 138 g/mol. The van der Waals surface area contributed by atoms with Crippen LogP contribution in [0.3, 0.4) is 0 Å². The fourth-order valence-electron chi connectivity index (χ4n) is 1.71. The summed E-state index contributed by atoms with van der Waals surface area (Å²) >= 11 is 0. The first-order valence-corrected chi connectivity index (χ1v) is 4.36. The van der Waals surface area contributed by atoms with Crippen LogP contribution in [-0.4, -0.2) is 0 Å². The molecule has 0 spiro atoms. The van der Waals surface area contributed by atoms with Crippen LogP contribution in [0.15, 0.2) is 11.6 Å². The fraction of sp³-hybridized carbons (Fsp3) is 0.800. The third-order valence-electron chi connectivity index (χ3n) is 2.56. The molecule has 1 aliphatic rings. The first-order valence-electron chi connectivity index (χ1n) is 4.36. The minimum atomic E-state index is 0.878. The normalized spacial score (nSPS) is 26.8. The van der Waals surface area contributed by atoms with Gasteiger partial charge in [0.2, 0.25) is 0 Å². The van der Waals surface area contributed by atoms with Crippen molar-refractivity contribution in [2.45, 2.75) is 40.0 Å². The van der Waals surface area contributed by atoms with Crippen LogP contribution in [0, 0.1) is 11.8 Å². The number of rotatable bonds is 1. The van der Waals surface area contributed by atoms with Crippen LogP contribution >= 0.6 is 0 Å². The molecule has 0 bridgehead atoms. The fourth-order valence-corrected chi connectivity index (χ4v) is 1.71. The minimum Gasteiger partial charge on any atom is -0.0856 e. The van der Waals surface area contributed by atoms with Crippen molar-refractivity contribution < 1.29 is 0 Å². The first kappa shape index (κ1) is 7.84. The van der Waals surface area contributed by atoms with Gasteiger partial charge in [0, 0.05) is 0 Å². The lowest BCUT2D eigenvalue weighted by atomic mass is 9.82. The van der Waals surface area contributed by atoms with Crippen LogP contribution in [-0.2, 0) is 0 Å². The summed E-state index contributed by atoms with van der Waals surface area (Å²) < 4.78 is 0. The molecule has 0 nitrogen and oxygen atoms in total. The molecule has 0 aromatic heterocycles. The summed E-state index contributed by atoms with van der Waals surface area (Å²) in [6.45, 7) is 6.93. The van der Waals surface area contributed by atoms with Crippen molar-refractivity contribution in [1.29, 1.82) is 0 Å². The van der Waals surface area contributed by atoms with Gasteiger partial charge < -0.3 is 0 Å². The molecule has 0 amide bonds. The maximum atomic E-state index is 2.39. The number of hydrogen-bond acceptors (Lipinski definition) is 0. The molecule has 1 rings (SSSR count). The number of hydrogen-bond donors (Lipinski definition) is 0. The van der Waals surface area contributed by atoms with Crippen LogP contribution < -0.4 is 0 Å². The maximum absolute atomic E-state index is 2.39. The molecule has 0 saturated heterocycles. The Hall–Kier alpha value is -0.260. The van der Waals surface area contributed by atoms with Crippen molar-refractivity contribution in [3.05, 3.63) is 11.6 Å². The van der Waals surface area contributed by atoms with Gasteiger partial charge in [-0.05, 0) is 38.0 Å². The molecule has 1 atom stereocenters. The molecule has 0 saturated carbocycles. The second-order valence-electron chi connectivity index (χ2n) is 3.84. The van der Waals surface area contributed by atoms with Crippen molar-refractivity contribution in [1.82, 2.24) is 0 Å². The molecule has 0 heterocycles. The molecule has 0 aromatic rings. The topological polar surface area (TPSA) is 0 Å². The van der Waals surface area contributed by atoms with Crippen molar-refractivity contribution >= 4 is 0 Å². The van der Waals surface area contributed by atoms with E-state index in [1.807, 2.05) is 0 Å². The molecule has 0 heteroatoms. The lowest BCUT2D eigenvalue weighted by Crippen LogP contribution is -2.11. The maximum Gasteiger partial charge on any atom is -0.0292 e. The van der Waals surface area contributed by atoms with E-state index < -0.39 is 0 Å². The molecule has 0 aliphatic heterocycles. The number of allylic oxidation sites excluding steroid dienone is 2. The van der Waals surface area contributed by atoms with Gasteiger partial charge in [0.05, 0.1) is 0 Å². The van der Waals surface area contributed by atoms with Crippen LogP contribution in [0.25, 0.3) is 0 Å². The Labute approximate surface area is 64.3 Å². The van der Waals surface area contributed by atoms with Gasteiger partial charge in [0.25, 0.3) is 0 Å². The van der Waals surface area contributed by atoms with Gasteiger partial charge >= 0.3 is 0 Å². The zero-order chi connectivity index (χ0) is 7.56. The van der Waals surface area contributed by atoms with E-state index in [0.717, 1.165) is 11.8 Å². The standard InChI is InChI=1S/C10H18/c1-8(2)10-6-4-5-9(3)7-10/h5,8,10H,4,6-7H2,1-3H3/t10-/m1/s1. The van der Waals surface area contributed by atoms with Crippen LogP contribution in [0.2, 0.25) is 0 Å². The van der Waals surface area contributed by atoms with Crippen LogP contribution in [0.1, 0.15) is 40.0 Å². The summed E-state index contributed by atoms with van der Waals surface area (Å²) in [6, 6.07) is 0. The first-order chi connectivity index (χ1) is 4.70. The summed E-state index contributed by atoms with van der Waals surface area (Å²) in [7, 11) is 0. The second kappa shape index (κ2) is 3.23. The summed E-state index contributed by atoms with van der Waals surface area (Å²) in [5.41, 5.74) is 1.60. The Morgan fingerprint density at radius 1 is 1.50 bits per heavy atom. The molecule has 0 radical (unpaired) electrons. The van der Waals surface area contributed by atoms with Gasteiger partial charge in [-0.3, -0.25) is 0 Å². The molecular formula is C10H18. The Morgan fingerprint density at radius 2 is 2.20 bits per heavy atom. The molecule has 0 fully saturated rings. The van der Waals surface area contributed by atoms with Gasteiger partial charge in [0.15, 0.2) is 0 Å². The molecule has 0 aromatic carbocycles. The summed E-state index contributed by atoms with van der Waals surface area (Å²) in [4.78, 5) is 0. The van der Waals surface area contributed by atoms with Crippen molar-refractivity contribution in [3.63, 3.8) is 0 Å². The minimum absolute atomic E-state index is 0.878. The van der Waals surface area contributed by atoms with E-state index in [4.69, 9.17) is 0 Å². The highest BCUT2D eigenvalue weighted by molar-refractivity contribution is 5.03. The molecular weight excluding hydrogens is 120 g/mol. The Morgan fingerprint density at radius 3 is 2.60 bits per heavy atom. The third kappa shape index (κ3) is 1.86. The largest absolute Gasteiger partial charge is 0.0856 e. The quantitative estimate of drug-likeness (QED) is 0.487. The molecule has 10 heavy (non-hydrogen) atoms. The second-order valence-corrected chi connectivity index (χ2v) is 3.84. The monoisotopic (exact) mass is 138 g/mol. The van der Waals surface area contributed by atoms with Gasteiger partial charge in [-0.25, -0.2) is 0 Å². The van der Waals surface area contributed by atoms with E-state index in [1.54, 1.807) is 5.57 Å². The Bertz CT molecular complexity index is 131. The van der Waals surface area contributed by atoms with E-state index in [1.165, 1.54) is 19.3 Å². The van der Waals surface area contributed by atoms with E-state index in [9.17, 15) is 0 Å². The molecule has 1 aliphatic carbocycles. The van der Waals surface area contributed by atoms with Crippen molar-refractivity contribution in [2.24, 2.45) is 11.8 Å². The lowest BCUT2D eigenvalue weighted by molar-refractivity contribution is 0.347. The molecule has 0 unspecified atom stereocenters. The Balaban J connectivity index is 2.45. The average Bonchev–Trinajstić information content (AvgIpc) is 1.88. The lowest BCUT2D eigenvalue weighted by Gasteiger charge is -2.24. The smallest absolute Gasteiger partial charge is 0.0292 e.